The second-order valence-electron chi connectivity index (χ2n) is 3.83. The molecule has 6 heteroatoms. The Morgan fingerprint density at radius 2 is 2.33 bits per heavy atom. The minimum Gasteiger partial charge on any atom is -0.492 e. The fraction of sp³-hybridized carbons (Fsp3) is 0.333. The average Bonchev–Trinajstić information content (AvgIpc) is 2.78. The zero-order valence-electron chi connectivity index (χ0n) is 9.88. The van der Waals surface area contributed by atoms with E-state index in [0.29, 0.717) is 18.2 Å². The molecule has 0 saturated carbocycles. The molecule has 0 spiro atoms. The topological polar surface area (TPSA) is 39.9 Å². The van der Waals surface area contributed by atoms with Gasteiger partial charge in [-0.25, -0.2) is 4.68 Å². The summed E-state index contributed by atoms with van der Waals surface area (Å²) in [6.45, 7) is 3.19. The first-order chi connectivity index (χ1) is 8.65. The van der Waals surface area contributed by atoms with Gasteiger partial charge in [0.05, 0.1) is 17.1 Å². The quantitative estimate of drug-likeness (QED) is 0.788. The van der Waals surface area contributed by atoms with Crippen LogP contribution in [0.2, 0.25) is 5.02 Å². The number of benzene rings is 1. The Labute approximate surface area is 119 Å². The van der Waals surface area contributed by atoms with Crippen molar-refractivity contribution in [3.05, 3.63) is 41.2 Å². The lowest BCUT2D eigenvalue weighted by Gasteiger charge is -2.05. The maximum Gasteiger partial charge on any atom is 0.120 e. The highest BCUT2D eigenvalue weighted by Gasteiger charge is 2.05. The molecule has 2 rings (SSSR count). The van der Waals surface area contributed by atoms with Gasteiger partial charge >= 0.3 is 0 Å². The van der Waals surface area contributed by atoms with E-state index < -0.39 is 0 Å². The Bertz CT molecular complexity index is 516. The number of aromatic nitrogens is 3. The standard InChI is InChI=1S/C12H13BrClN3O/c1-9(13)12-8-17(16-15-12)5-6-18-11-4-2-3-10(14)7-11/h2-4,7-9H,5-6H2,1H3. The molecule has 0 fully saturated rings. The van der Waals surface area contributed by atoms with Crippen molar-refractivity contribution in [2.75, 3.05) is 6.61 Å². The van der Waals surface area contributed by atoms with Crippen LogP contribution in [0.25, 0.3) is 0 Å². The highest BCUT2D eigenvalue weighted by atomic mass is 79.9. The average molecular weight is 331 g/mol. The Kier molecular flexibility index (Phi) is 4.60. The largest absolute Gasteiger partial charge is 0.492 e. The summed E-state index contributed by atoms with van der Waals surface area (Å²) in [5.74, 6) is 0.761. The van der Waals surface area contributed by atoms with Crippen molar-refractivity contribution in [1.82, 2.24) is 15.0 Å². The molecule has 1 aromatic carbocycles. The van der Waals surface area contributed by atoms with Crippen LogP contribution in [0, 0.1) is 0 Å². The van der Waals surface area contributed by atoms with E-state index in [4.69, 9.17) is 16.3 Å². The van der Waals surface area contributed by atoms with Crippen molar-refractivity contribution >= 4 is 27.5 Å². The molecule has 0 aliphatic rings. The van der Waals surface area contributed by atoms with Gasteiger partial charge in [0, 0.05) is 11.2 Å². The Morgan fingerprint density at radius 3 is 3.00 bits per heavy atom. The van der Waals surface area contributed by atoms with Gasteiger partial charge in [-0.1, -0.05) is 38.8 Å². The van der Waals surface area contributed by atoms with Crippen LogP contribution in [0.4, 0.5) is 0 Å². The fourth-order valence-corrected chi connectivity index (χ4v) is 1.81. The van der Waals surface area contributed by atoms with Crippen LogP contribution in [-0.2, 0) is 6.54 Å². The lowest BCUT2D eigenvalue weighted by Crippen LogP contribution is -2.08. The van der Waals surface area contributed by atoms with Gasteiger partial charge < -0.3 is 4.74 Å². The van der Waals surface area contributed by atoms with E-state index in [-0.39, 0.29) is 4.83 Å². The van der Waals surface area contributed by atoms with E-state index in [9.17, 15) is 0 Å². The summed E-state index contributed by atoms with van der Waals surface area (Å²) in [7, 11) is 0. The van der Waals surface area contributed by atoms with E-state index in [1.165, 1.54) is 0 Å². The van der Waals surface area contributed by atoms with Gasteiger partial charge in [-0.05, 0) is 25.1 Å². The number of hydrogen-bond acceptors (Lipinski definition) is 3. The number of ether oxygens (including phenoxy) is 1. The van der Waals surface area contributed by atoms with Gasteiger partial charge in [-0.2, -0.15) is 0 Å². The van der Waals surface area contributed by atoms with E-state index >= 15 is 0 Å². The molecule has 0 saturated heterocycles. The van der Waals surface area contributed by atoms with E-state index in [1.807, 2.05) is 31.3 Å². The molecule has 18 heavy (non-hydrogen) atoms. The molecule has 0 aliphatic heterocycles. The molecule has 1 unspecified atom stereocenters. The van der Waals surface area contributed by atoms with Crippen molar-refractivity contribution in [2.24, 2.45) is 0 Å². The highest BCUT2D eigenvalue weighted by Crippen LogP contribution is 2.18. The molecule has 0 aliphatic carbocycles. The summed E-state index contributed by atoms with van der Waals surface area (Å²) in [5.41, 5.74) is 0.915. The molecule has 0 amide bonds. The third kappa shape index (κ3) is 3.71. The maximum atomic E-state index is 5.87. The molecule has 1 heterocycles. The van der Waals surface area contributed by atoms with Crippen molar-refractivity contribution in [3.8, 4) is 5.75 Å². The molecule has 1 aromatic heterocycles. The van der Waals surface area contributed by atoms with Crippen LogP contribution in [0.3, 0.4) is 0 Å². The highest BCUT2D eigenvalue weighted by molar-refractivity contribution is 9.09. The SMILES string of the molecule is CC(Br)c1cn(CCOc2cccc(Cl)c2)nn1. The van der Waals surface area contributed by atoms with Crippen molar-refractivity contribution < 1.29 is 4.74 Å². The van der Waals surface area contributed by atoms with E-state index in [0.717, 1.165) is 11.4 Å². The van der Waals surface area contributed by atoms with Crippen LogP contribution in [0.5, 0.6) is 5.75 Å². The molecular weight excluding hydrogens is 318 g/mol. The summed E-state index contributed by atoms with van der Waals surface area (Å²) < 4.78 is 7.34. The predicted molar refractivity (Wildman–Crippen MR) is 74.3 cm³/mol. The fourth-order valence-electron chi connectivity index (χ4n) is 1.42. The second kappa shape index (κ2) is 6.20. The van der Waals surface area contributed by atoms with Crippen molar-refractivity contribution in [2.45, 2.75) is 18.3 Å². The van der Waals surface area contributed by atoms with Crippen LogP contribution >= 0.6 is 27.5 Å². The smallest absolute Gasteiger partial charge is 0.120 e. The summed E-state index contributed by atoms with van der Waals surface area (Å²) >= 11 is 9.31. The number of nitrogens with zero attached hydrogens (tertiary/aromatic N) is 3. The van der Waals surface area contributed by atoms with Crippen molar-refractivity contribution in [3.63, 3.8) is 0 Å². The second-order valence-corrected chi connectivity index (χ2v) is 5.64. The molecule has 0 N–H and O–H groups in total. The first-order valence-corrected chi connectivity index (χ1v) is 6.87. The van der Waals surface area contributed by atoms with Crippen molar-refractivity contribution in [1.29, 1.82) is 0 Å². The first-order valence-electron chi connectivity index (χ1n) is 5.57. The Morgan fingerprint density at radius 1 is 1.50 bits per heavy atom. The van der Waals surface area contributed by atoms with E-state index in [2.05, 4.69) is 26.2 Å². The summed E-state index contributed by atoms with van der Waals surface area (Å²) in [5, 5.41) is 8.73. The Balaban J connectivity index is 1.84. The molecule has 1 atom stereocenters. The lowest BCUT2D eigenvalue weighted by atomic mass is 10.3. The maximum absolute atomic E-state index is 5.87. The summed E-state index contributed by atoms with van der Waals surface area (Å²) in [6, 6.07) is 7.33. The monoisotopic (exact) mass is 329 g/mol. The lowest BCUT2D eigenvalue weighted by molar-refractivity contribution is 0.289. The normalized spacial score (nSPS) is 12.4. The predicted octanol–water partition coefficient (Wildman–Crippen LogP) is 3.47. The van der Waals surface area contributed by atoms with Gasteiger partial charge in [0.15, 0.2) is 0 Å². The molecule has 0 bridgehead atoms. The van der Waals surface area contributed by atoms with Gasteiger partial charge in [0.2, 0.25) is 0 Å². The molecule has 4 nitrogen and oxygen atoms in total. The molecule has 96 valence electrons. The van der Waals surface area contributed by atoms with Gasteiger partial charge in [-0.15, -0.1) is 5.10 Å². The minimum absolute atomic E-state index is 0.208. The Hall–Kier alpha value is -1.07. The van der Waals surface area contributed by atoms with Crippen LogP contribution in [0.15, 0.2) is 30.5 Å². The summed E-state index contributed by atoms with van der Waals surface area (Å²) in [4.78, 5) is 0.208. The first kappa shape index (κ1) is 13.4. The van der Waals surface area contributed by atoms with Gasteiger partial charge in [0.1, 0.15) is 12.4 Å². The number of hydrogen-bond donors (Lipinski definition) is 0. The van der Waals surface area contributed by atoms with E-state index in [1.54, 1.807) is 10.7 Å². The van der Waals surface area contributed by atoms with Crippen LogP contribution in [-0.4, -0.2) is 21.6 Å². The van der Waals surface area contributed by atoms with Gasteiger partial charge in [0.25, 0.3) is 0 Å². The number of halogens is 2. The minimum atomic E-state index is 0.208. The number of alkyl halides is 1. The van der Waals surface area contributed by atoms with Gasteiger partial charge in [-0.3, -0.25) is 0 Å². The third-order valence-electron chi connectivity index (χ3n) is 2.35. The van der Waals surface area contributed by atoms with Crippen LogP contribution < -0.4 is 4.74 Å². The van der Waals surface area contributed by atoms with Crippen LogP contribution in [0.1, 0.15) is 17.4 Å². The number of rotatable bonds is 5. The molecule has 2 aromatic rings. The molecule has 0 radical (unpaired) electrons. The zero-order valence-corrected chi connectivity index (χ0v) is 12.2. The zero-order chi connectivity index (χ0) is 13.0. The third-order valence-corrected chi connectivity index (χ3v) is 3.05. The summed E-state index contributed by atoms with van der Waals surface area (Å²) in [6.07, 6.45) is 1.90. The molecular formula is C12H13BrClN3O.